The number of halogens is 1. The lowest BCUT2D eigenvalue weighted by Crippen LogP contribution is -2.16. The highest BCUT2D eigenvalue weighted by molar-refractivity contribution is 5.77. The summed E-state index contributed by atoms with van der Waals surface area (Å²) >= 11 is 0. The molecule has 0 saturated carbocycles. The Morgan fingerprint density at radius 2 is 1.83 bits per heavy atom. The van der Waals surface area contributed by atoms with Crippen LogP contribution in [0.3, 0.4) is 0 Å². The van der Waals surface area contributed by atoms with E-state index in [0.717, 1.165) is 28.1 Å². The molecule has 0 saturated heterocycles. The Hall–Kier alpha value is -3.41. The van der Waals surface area contributed by atoms with E-state index in [1.165, 1.54) is 18.2 Å². The van der Waals surface area contributed by atoms with Gasteiger partial charge < -0.3 is 9.72 Å². The lowest BCUT2D eigenvalue weighted by Gasteiger charge is -2.13. The van der Waals surface area contributed by atoms with Crippen molar-refractivity contribution in [2.75, 3.05) is 0 Å². The van der Waals surface area contributed by atoms with Gasteiger partial charge in [0.2, 0.25) is 0 Å². The summed E-state index contributed by atoms with van der Waals surface area (Å²) < 4.78 is 20.2. The van der Waals surface area contributed by atoms with Gasteiger partial charge in [-0.1, -0.05) is 32.9 Å². The Balaban J connectivity index is 1.57. The fourth-order valence-corrected chi connectivity index (χ4v) is 3.01. The summed E-state index contributed by atoms with van der Waals surface area (Å²) in [7, 11) is 0. The molecule has 0 radical (unpaired) electrons. The first kappa shape index (κ1) is 18.9. The van der Waals surface area contributed by atoms with E-state index in [-0.39, 0.29) is 23.4 Å². The summed E-state index contributed by atoms with van der Waals surface area (Å²) in [6, 6.07) is 14.9. The molecule has 4 rings (SSSR count). The molecular weight excluding hydrogens is 369 g/mol. The average molecular weight is 391 g/mol. The Morgan fingerprint density at radius 1 is 1.07 bits per heavy atom. The van der Waals surface area contributed by atoms with Crippen molar-refractivity contribution in [2.24, 2.45) is 0 Å². The van der Waals surface area contributed by atoms with Crippen molar-refractivity contribution < 1.29 is 9.13 Å². The molecule has 2 aromatic heterocycles. The number of hydrogen-bond acceptors (Lipinski definition) is 3. The number of rotatable bonds is 4. The van der Waals surface area contributed by atoms with E-state index in [0.29, 0.717) is 5.75 Å². The molecule has 0 aliphatic rings. The van der Waals surface area contributed by atoms with E-state index in [1.54, 1.807) is 29.0 Å². The maximum Gasteiger partial charge on any atom is 0.258 e. The van der Waals surface area contributed by atoms with Crippen molar-refractivity contribution in [3.05, 3.63) is 88.4 Å². The van der Waals surface area contributed by atoms with E-state index in [2.05, 4.69) is 30.7 Å². The third kappa shape index (κ3) is 4.06. The van der Waals surface area contributed by atoms with Crippen LogP contribution in [0.25, 0.3) is 16.7 Å². The summed E-state index contributed by atoms with van der Waals surface area (Å²) in [6.45, 7) is 6.56. The number of pyridine rings is 1. The number of ether oxygens (including phenoxy) is 1. The summed E-state index contributed by atoms with van der Waals surface area (Å²) in [6.07, 6.45) is 1.69. The van der Waals surface area contributed by atoms with Crippen LogP contribution in [-0.2, 0) is 12.0 Å². The van der Waals surface area contributed by atoms with Crippen molar-refractivity contribution in [1.29, 1.82) is 0 Å². The van der Waals surface area contributed by atoms with Gasteiger partial charge in [0, 0.05) is 17.7 Å². The molecule has 0 aliphatic heterocycles. The smallest absolute Gasteiger partial charge is 0.258 e. The zero-order valence-corrected chi connectivity index (χ0v) is 16.6. The van der Waals surface area contributed by atoms with Crippen LogP contribution >= 0.6 is 0 Å². The number of H-pyrrole nitrogens is 1. The largest absolute Gasteiger partial charge is 0.489 e. The van der Waals surface area contributed by atoms with Crippen molar-refractivity contribution in [3.63, 3.8) is 0 Å². The molecule has 0 spiro atoms. The molecule has 1 N–H and O–H groups in total. The van der Waals surface area contributed by atoms with Crippen molar-refractivity contribution >= 4 is 11.0 Å². The molecule has 29 heavy (non-hydrogen) atoms. The molecular formula is C23H22FN3O2. The van der Waals surface area contributed by atoms with E-state index in [1.807, 2.05) is 18.2 Å². The molecule has 6 heteroatoms. The lowest BCUT2D eigenvalue weighted by atomic mass is 9.96. The highest BCUT2D eigenvalue weighted by Crippen LogP contribution is 2.24. The fourth-order valence-electron chi connectivity index (χ4n) is 3.01. The van der Waals surface area contributed by atoms with Crippen LogP contribution < -0.4 is 10.3 Å². The Bertz CT molecular complexity index is 1220. The summed E-state index contributed by atoms with van der Waals surface area (Å²) in [5, 5.41) is 0. The number of nitrogens with zero attached hydrogens (tertiary/aromatic N) is 2. The number of hydrogen-bond donors (Lipinski definition) is 1. The molecule has 0 aliphatic carbocycles. The van der Waals surface area contributed by atoms with Crippen LogP contribution in [0.5, 0.6) is 5.75 Å². The maximum absolute atomic E-state index is 13.0. The van der Waals surface area contributed by atoms with Gasteiger partial charge in [-0.05, 0) is 42.0 Å². The first-order chi connectivity index (χ1) is 13.8. The van der Waals surface area contributed by atoms with Crippen molar-refractivity contribution in [1.82, 2.24) is 14.5 Å². The minimum absolute atomic E-state index is 0.0838. The van der Waals surface area contributed by atoms with Crippen LogP contribution in [0.2, 0.25) is 0 Å². The molecule has 4 aromatic rings. The van der Waals surface area contributed by atoms with Gasteiger partial charge in [-0.3, -0.25) is 9.36 Å². The van der Waals surface area contributed by atoms with Crippen LogP contribution in [0, 0.1) is 5.82 Å². The van der Waals surface area contributed by atoms with Crippen LogP contribution in [0.15, 0.2) is 65.6 Å². The quantitative estimate of drug-likeness (QED) is 0.547. The second kappa shape index (κ2) is 7.20. The molecule has 148 valence electrons. The Labute approximate surface area is 167 Å². The molecule has 0 amide bonds. The summed E-state index contributed by atoms with van der Waals surface area (Å²) in [4.78, 5) is 20.6. The van der Waals surface area contributed by atoms with Gasteiger partial charge >= 0.3 is 0 Å². The molecule has 5 nitrogen and oxygen atoms in total. The standard InChI is InChI=1S/C23H22FN3O2/c1-23(2,3)22-25-19-9-8-17(12-20(19)26-22)27-11-10-18(13-21(27)28)29-14-15-4-6-16(24)7-5-15/h4-13H,14H2,1-3H3,(H,25,26). The van der Waals surface area contributed by atoms with Crippen molar-refractivity contribution in [3.8, 4) is 11.4 Å². The van der Waals surface area contributed by atoms with Crippen LogP contribution in [-0.4, -0.2) is 14.5 Å². The first-order valence-corrected chi connectivity index (χ1v) is 9.40. The second-order valence-corrected chi connectivity index (χ2v) is 8.02. The third-order valence-corrected chi connectivity index (χ3v) is 4.66. The molecule has 0 bridgehead atoms. The van der Waals surface area contributed by atoms with Gasteiger partial charge in [-0.15, -0.1) is 0 Å². The van der Waals surface area contributed by atoms with E-state index >= 15 is 0 Å². The predicted molar refractivity (Wildman–Crippen MR) is 111 cm³/mol. The SMILES string of the molecule is CC(C)(C)c1nc2ccc(-n3ccc(OCc4ccc(F)cc4)cc3=O)cc2[nH]1. The number of aromatic amines is 1. The third-order valence-electron chi connectivity index (χ3n) is 4.66. The molecule has 2 aromatic carbocycles. The van der Waals surface area contributed by atoms with Gasteiger partial charge in [0.1, 0.15) is 24.0 Å². The number of aromatic nitrogens is 3. The Kier molecular flexibility index (Phi) is 4.70. The highest BCUT2D eigenvalue weighted by Gasteiger charge is 2.18. The second-order valence-electron chi connectivity index (χ2n) is 8.02. The van der Waals surface area contributed by atoms with E-state index in [4.69, 9.17) is 4.74 Å². The number of benzene rings is 2. The zero-order chi connectivity index (χ0) is 20.6. The van der Waals surface area contributed by atoms with Gasteiger partial charge in [0.05, 0.1) is 16.7 Å². The van der Waals surface area contributed by atoms with E-state index in [9.17, 15) is 9.18 Å². The highest BCUT2D eigenvalue weighted by atomic mass is 19.1. The minimum atomic E-state index is -0.291. The summed E-state index contributed by atoms with van der Waals surface area (Å²) in [5.41, 5.74) is 3.05. The topological polar surface area (TPSA) is 59.9 Å². The van der Waals surface area contributed by atoms with Gasteiger partial charge in [-0.2, -0.15) is 0 Å². The molecule has 0 unspecified atom stereocenters. The normalized spacial score (nSPS) is 11.7. The molecule has 2 heterocycles. The van der Waals surface area contributed by atoms with Gasteiger partial charge in [0.25, 0.3) is 5.56 Å². The molecule has 0 atom stereocenters. The van der Waals surface area contributed by atoms with Gasteiger partial charge in [-0.25, -0.2) is 9.37 Å². The lowest BCUT2D eigenvalue weighted by molar-refractivity contribution is 0.305. The van der Waals surface area contributed by atoms with Gasteiger partial charge in [0.15, 0.2) is 0 Å². The minimum Gasteiger partial charge on any atom is -0.489 e. The fraction of sp³-hybridized carbons (Fsp3) is 0.217. The summed E-state index contributed by atoms with van der Waals surface area (Å²) in [5.74, 6) is 1.08. The van der Waals surface area contributed by atoms with Crippen LogP contribution in [0.1, 0.15) is 32.2 Å². The number of nitrogens with one attached hydrogen (secondary N) is 1. The Morgan fingerprint density at radius 3 is 2.52 bits per heavy atom. The van der Waals surface area contributed by atoms with E-state index < -0.39 is 0 Å². The number of imidazole rings is 1. The predicted octanol–water partition coefficient (Wildman–Crippen LogP) is 4.73. The first-order valence-electron chi connectivity index (χ1n) is 9.40. The molecule has 0 fully saturated rings. The monoisotopic (exact) mass is 391 g/mol. The maximum atomic E-state index is 13.0. The average Bonchev–Trinajstić information content (AvgIpc) is 3.11. The number of fused-ring (bicyclic) bond motifs is 1. The zero-order valence-electron chi connectivity index (χ0n) is 16.6. The van der Waals surface area contributed by atoms with Crippen LogP contribution in [0.4, 0.5) is 4.39 Å². The van der Waals surface area contributed by atoms with Crippen molar-refractivity contribution in [2.45, 2.75) is 32.8 Å².